The Bertz CT molecular complexity index is 424. The van der Waals surface area contributed by atoms with Gasteiger partial charge in [0.1, 0.15) is 5.75 Å². The van der Waals surface area contributed by atoms with Crippen molar-refractivity contribution in [2.75, 3.05) is 25.5 Å². The Morgan fingerprint density at radius 1 is 1.24 bits per heavy atom. The first-order chi connectivity index (χ1) is 10.2. The van der Waals surface area contributed by atoms with E-state index in [4.69, 9.17) is 11.2 Å². The van der Waals surface area contributed by atoms with E-state index in [1.54, 1.807) is 0 Å². The summed E-state index contributed by atoms with van der Waals surface area (Å²) in [5.41, 5.74) is 1.32. The van der Waals surface area contributed by atoms with Gasteiger partial charge in [0.15, 0.2) is 0 Å². The van der Waals surface area contributed by atoms with E-state index in [9.17, 15) is 0 Å². The highest BCUT2D eigenvalue weighted by Crippen LogP contribution is 2.15. The maximum Gasteiger partial charge on any atom is 0.119 e. The number of halogens is 1. The normalized spacial score (nSPS) is 12.1. The van der Waals surface area contributed by atoms with Gasteiger partial charge in [0, 0.05) is 11.4 Å². The Morgan fingerprint density at radius 3 is 2.57 bits per heavy atom. The van der Waals surface area contributed by atoms with Crippen molar-refractivity contribution in [2.45, 2.75) is 38.6 Å². The average Bonchev–Trinajstić information content (AvgIpc) is 2.49. The zero-order chi connectivity index (χ0) is 15.5. The lowest BCUT2D eigenvalue weighted by atomic mass is 10.1. The van der Waals surface area contributed by atoms with Crippen LogP contribution in [0, 0.1) is 12.3 Å². The van der Waals surface area contributed by atoms with Gasteiger partial charge >= 0.3 is 0 Å². The van der Waals surface area contributed by atoms with Crippen molar-refractivity contribution in [3.63, 3.8) is 0 Å². The molecule has 21 heavy (non-hydrogen) atoms. The number of terminal acetylenes is 1. The van der Waals surface area contributed by atoms with E-state index in [1.807, 2.05) is 0 Å². The van der Waals surface area contributed by atoms with Gasteiger partial charge in [-0.1, -0.05) is 34.0 Å². The van der Waals surface area contributed by atoms with Gasteiger partial charge in [-0.3, -0.25) is 4.90 Å². The summed E-state index contributed by atoms with van der Waals surface area (Å²) in [5, 5.41) is 1.08. The summed E-state index contributed by atoms with van der Waals surface area (Å²) in [6.07, 6.45) is 9.89. The molecule has 0 bridgehead atoms. The van der Waals surface area contributed by atoms with Gasteiger partial charge in [-0.15, -0.1) is 6.42 Å². The molecule has 0 heterocycles. The number of hydrogen-bond donors (Lipinski definition) is 0. The lowest BCUT2D eigenvalue weighted by Crippen LogP contribution is -2.31. The van der Waals surface area contributed by atoms with E-state index in [0.29, 0.717) is 12.6 Å². The summed E-state index contributed by atoms with van der Waals surface area (Å²) in [5.74, 6) is 3.64. The third-order valence-corrected chi connectivity index (χ3v) is 4.16. The summed E-state index contributed by atoms with van der Waals surface area (Å²) in [7, 11) is 2.06. The molecule has 1 atom stereocenters. The van der Waals surface area contributed by atoms with Crippen molar-refractivity contribution in [1.82, 2.24) is 4.90 Å². The van der Waals surface area contributed by atoms with Gasteiger partial charge < -0.3 is 4.74 Å². The first-order valence-electron chi connectivity index (χ1n) is 7.58. The fourth-order valence-corrected chi connectivity index (χ4v) is 2.48. The summed E-state index contributed by atoms with van der Waals surface area (Å²) in [4.78, 5) is 2.19. The molecule has 0 amide bonds. The van der Waals surface area contributed by atoms with Crippen LogP contribution in [0.5, 0.6) is 5.75 Å². The third kappa shape index (κ3) is 7.55. The van der Waals surface area contributed by atoms with Crippen LogP contribution in [0.15, 0.2) is 24.3 Å². The van der Waals surface area contributed by atoms with Gasteiger partial charge in [-0.2, -0.15) is 0 Å². The summed E-state index contributed by atoms with van der Waals surface area (Å²) >= 11 is 3.44. The molecule has 1 aromatic carbocycles. The summed E-state index contributed by atoms with van der Waals surface area (Å²) in [6.45, 7) is 3.69. The molecule has 0 aliphatic heterocycles. The van der Waals surface area contributed by atoms with Crippen molar-refractivity contribution in [3.05, 3.63) is 29.8 Å². The standard InChI is InChI=1S/C18H26BrNO/c1-4-13-20(3)16(2)15-17-8-10-18(11-9-17)21-14-7-5-6-12-19/h1,8-11,16H,5-7,12-15H2,2-3H3/t16-/m1/s1. The second-order valence-electron chi connectivity index (χ2n) is 5.41. The van der Waals surface area contributed by atoms with E-state index in [1.165, 1.54) is 18.4 Å². The minimum atomic E-state index is 0.442. The molecule has 0 saturated carbocycles. The van der Waals surface area contributed by atoms with Crippen molar-refractivity contribution < 1.29 is 4.74 Å². The number of unbranched alkanes of at least 4 members (excludes halogenated alkanes) is 2. The zero-order valence-electron chi connectivity index (χ0n) is 13.1. The SMILES string of the molecule is C#CCN(C)[C@H](C)Cc1ccc(OCCCCCBr)cc1. The number of nitrogens with zero attached hydrogens (tertiary/aromatic N) is 1. The van der Waals surface area contributed by atoms with Gasteiger partial charge in [0.05, 0.1) is 13.2 Å². The first-order valence-corrected chi connectivity index (χ1v) is 8.71. The van der Waals surface area contributed by atoms with Crippen LogP contribution in [0.25, 0.3) is 0 Å². The predicted octanol–water partition coefficient (Wildman–Crippen LogP) is 4.13. The Morgan fingerprint density at radius 2 is 1.95 bits per heavy atom. The molecule has 0 aliphatic rings. The number of rotatable bonds is 10. The molecule has 0 spiro atoms. The molecule has 0 N–H and O–H groups in total. The van der Waals surface area contributed by atoms with Crippen LogP contribution in [-0.2, 0) is 6.42 Å². The number of alkyl halides is 1. The molecule has 0 aromatic heterocycles. The maximum atomic E-state index is 5.75. The monoisotopic (exact) mass is 351 g/mol. The number of benzene rings is 1. The molecule has 1 aromatic rings. The molecular formula is C18H26BrNO. The minimum Gasteiger partial charge on any atom is -0.494 e. The van der Waals surface area contributed by atoms with Gasteiger partial charge in [-0.05, 0) is 57.4 Å². The zero-order valence-corrected chi connectivity index (χ0v) is 14.7. The summed E-state index contributed by atoms with van der Waals surface area (Å²) < 4.78 is 5.75. The van der Waals surface area contributed by atoms with E-state index in [0.717, 1.165) is 30.5 Å². The van der Waals surface area contributed by atoms with Gasteiger partial charge in [0.2, 0.25) is 0 Å². The molecule has 116 valence electrons. The maximum absolute atomic E-state index is 5.75. The van der Waals surface area contributed by atoms with Crippen LogP contribution in [0.4, 0.5) is 0 Å². The Labute approximate surface area is 138 Å². The largest absolute Gasteiger partial charge is 0.494 e. The Balaban J connectivity index is 2.35. The minimum absolute atomic E-state index is 0.442. The van der Waals surface area contributed by atoms with E-state index in [-0.39, 0.29) is 0 Å². The second-order valence-corrected chi connectivity index (χ2v) is 6.21. The molecule has 0 radical (unpaired) electrons. The lowest BCUT2D eigenvalue weighted by Gasteiger charge is -2.22. The van der Waals surface area contributed by atoms with Crippen LogP contribution in [0.3, 0.4) is 0 Å². The third-order valence-electron chi connectivity index (χ3n) is 3.59. The predicted molar refractivity (Wildman–Crippen MR) is 94.2 cm³/mol. The van der Waals surface area contributed by atoms with Gasteiger partial charge in [0.25, 0.3) is 0 Å². The summed E-state index contributed by atoms with van der Waals surface area (Å²) in [6, 6.07) is 8.86. The number of ether oxygens (including phenoxy) is 1. The fraction of sp³-hybridized carbons (Fsp3) is 0.556. The van der Waals surface area contributed by atoms with Crippen LogP contribution >= 0.6 is 15.9 Å². The average molecular weight is 352 g/mol. The van der Waals surface area contributed by atoms with Crippen molar-refractivity contribution >= 4 is 15.9 Å². The molecule has 3 heteroatoms. The van der Waals surface area contributed by atoms with Crippen LogP contribution < -0.4 is 4.74 Å². The molecule has 0 aliphatic carbocycles. The fourth-order valence-electron chi connectivity index (χ4n) is 2.08. The number of likely N-dealkylation sites (N-methyl/N-ethyl adjacent to an activating group) is 1. The van der Waals surface area contributed by atoms with Gasteiger partial charge in [-0.25, -0.2) is 0 Å². The highest BCUT2D eigenvalue weighted by atomic mass is 79.9. The molecule has 0 unspecified atom stereocenters. The van der Waals surface area contributed by atoms with E-state index >= 15 is 0 Å². The highest BCUT2D eigenvalue weighted by molar-refractivity contribution is 9.09. The second kappa shape index (κ2) is 10.7. The topological polar surface area (TPSA) is 12.5 Å². The Hall–Kier alpha value is -0.980. The van der Waals surface area contributed by atoms with Crippen molar-refractivity contribution in [2.24, 2.45) is 0 Å². The molecule has 0 saturated heterocycles. The Kier molecular flexibility index (Phi) is 9.21. The van der Waals surface area contributed by atoms with Crippen LogP contribution in [-0.4, -0.2) is 36.5 Å². The quantitative estimate of drug-likeness (QED) is 0.357. The van der Waals surface area contributed by atoms with Crippen molar-refractivity contribution in [1.29, 1.82) is 0 Å². The van der Waals surface area contributed by atoms with Crippen molar-refractivity contribution in [3.8, 4) is 18.1 Å². The number of hydrogen-bond acceptors (Lipinski definition) is 2. The van der Waals surface area contributed by atoms with E-state index < -0.39 is 0 Å². The lowest BCUT2D eigenvalue weighted by molar-refractivity contribution is 0.286. The smallest absolute Gasteiger partial charge is 0.119 e. The van der Waals surface area contributed by atoms with Crippen LogP contribution in [0.1, 0.15) is 31.7 Å². The molecule has 1 rings (SSSR count). The molecule has 2 nitrogen and oxygen atoms in total. The van der Waals surface area contributed by atoms with E-state index in [2.05, 4.69) is 65.0 Å². The molecular weight excluding hydrogens is 326 g/mol. The first kappa shape index (κ1) is 18.1. The molecule has 0 fully saturated rings. The highest BCUT2D eigenvalue weighted by Gasteiger charge is 2.08. The van der Waals surface area contributed by atoms with Crippen LogP contribution in [0.2, 0.25) is 0 Å².